The second-order valence-electron chi connectivity index (χ2n) is 6.82. The Hall–Kier alpha value is -2.38. The quantitative estimate of drug-likeness (QED) is 0.834. The zero-order chi connectivity index (χ0) is 20.1. The molecule has 0 radical (unpaired) electrons. The van der Waals surface area contributed by atoms with Crippen LogP contribution >= 0.6 is 0 Å². The van der Waals surface area contributed by atoms with Gasteiger partial charge in [-0.25, -0.2) is 8.42 Å². The van der Waals surface area contributed by atoms with E-state index >= 15 is 0 Å². The van der Waals surface area contributed by atoms with Gasteiger partial charge in [0.15, 0.2) is 0 Å². The highest BCUT2D eigenvalue weighted by Crippen LogP contribution is 2.34. The van der Waals surface area contributed by atoms with Crippen LogP contribution in [-0.4, -0.2) is 47.0 Å². The first-order chi connectivity index (χ1) is 13.4. The fourth-order valence-electron chi connectivity index (χ4n) is 3.53. The Kier molecular flexibility index (Phi) is 6.36. The summed E-state index contributed by atoms with van der Waals surface area (Å²) in [7, 11) is -3.74. The van der Waals surface area contributed by atoms with E-state index in [9.17, 15) is 13.2 Å². The predicted octanol–water partition coefficient (Wildman–Crippen LogP) is 2.69. The van der Waals surface area contributed by atoms with E-state index in [0.29, 0.717) is 12.2 Å². The first-order valence-corrected chi connectivity index (χ1v) is 11.1. The number of anilines is 2. The molecule has 0 unspecified atom stereocenters. The van der Waals surface area contributed by atoms with Crippen molar-refractivity contribution in [1.29, 1.82) is 0 Å². The zero-order valence-electron chi connectivity index (χ0n) is 16.4. The van der Waals surface area contributed by atoms with Crippen LogP contribution in [0.15, 0.2) is 58.3 Å². The third-order valence-electron chi connectivity index (χ3n) is 4.98. The second-order valence-corrected chi connectivity index (χ2v) is 8.74. The topological polar surface area (TPSA) is 69.7 Å². The summed E-state index contributed by atoms with van der Waals surface area (Å²) in [5.41, 5.74) is 1.37. The van der Waals surface area contributed by atoms with Gasteiger partial charge in [-0.1, -0.05) is 18.2 Å². The Morgan fingerprint density at radius 3 is 2.54 bits per heavy atom. The van der Waals surface area contributed by atoms with E-state index < -0.39 is 9.84 Å². The molecule has 0 aromatic heterocycles. The van der Waals surface area contributed by atoms with Crippen LogP contribution < -0.4 is 15.1 Å². The van der Waals surface area contributed by atoms with Crippen molar-refractivity contribution in [3.05, 3.63) is 48.5 Å². The van der Waals surface area contributed by atoms with Crippen LogP contribution in [0.4, 0.5) is 11.4 Å². The molecule has 3 rings (SSSR count). The highest BCUT2D eigenvalue weighted by molar-refractivity contribution is 7.91. The van der Waals surface area contributed by atoms with Crippen molar-refractivity contribution in [2.24, 2.45) is 0 Å². The maximum atomic E-state index is 13.3. The molecule has 1 fully saturated rings. The van der Waals surface area contributed by atoms with Crippen LogP contribution in [0, 0.1) is 0 Å². The molecule has 1 heterocycles. The summed E-state index contributed by atoms with van der Waals surface area (Å²) < 4.78 is 26.6. The van der Waals surface area contributed by atoms with Crippen molar-refractivity contribution in [2.45, 2.75) is 30.1 Å². The summed E-state index contributed by atoms with van der Waals surface area (Å²) in [6.45, 7) is 7.30. The van der Waals surface area contributed by atoms with Crippen molar-refractivity contribution in [1.82, 2.24) is 5.32 Å². The number of rotatable bonds is 5. The molecule has 0 saturated carbocycles. The van der Waals surface area contributed by atoms with Crippen molar-refractivity contribution in [3.63, 3.8) is 0 Å². The minimum absolute atomic E-state index is 0.160. The van der Waals surface area contributed by atoms with Gasteiger partial charge < -0.3 is 15.1 Å². The molecule has 1 aliphatic rings. The Morgan fingerprint density at radius 2 is 1.86 bits per heavy atom. The highest BCUT2D eigenvalue weighted by atomic mass is 32.2. The summed E-state index contributed by atoms with van der Waals surface area (Å²) in [5.74, 6) is -0.179. The summed E-state index contributed by atoms with van der Waals surface area (Å²) in [6, 6.07) is 13.7. The molecule has 7 heteroatoms. The van der Waals surface area contributed by atoms with Crippen LogP contribution in [0.5, 0.6) is 0 Å². The van der Waals surface area contributed by atoms with Gasteiger partial charge in [0.1, 0.15) is 0 Å². The predicted molar refractivity (Wildman–Crippen MR) is 112 cm³/mol. The largest absolute Gasteiger partial charge is 0.370 e. The molecule has 6 nitrogen and oxygen atoms in total. The van der Waals surface area contributed by atoms with Crippen molar-refractivity contribution >= 4 is 27.1 Å². The van der Waals surface area contributed by atoms with Crippen LogP contribution in [0.2, 0.25) is 0 Å². The SMILES string of the molecule is CCN(C(C)=O)c1cc(N2CCCNCC2)ccc1S(=O)(=O)c1ccccc1. The van der Waals surface area contributed by atoms with Crippen LogP contribution in [0.3, 0.4) is 0 Å². The Balaban J connectivity index is 2.12. The number of benzene rings is 2. The van der Waals surface area contributed by atoms with Crippen LogP contribution in [0.1, 0.15) is 20.3 Å². The maximum Gasteiger partial charge on any atom is 0.223 e. The lowest BCUT2D eigenvalue weighted by Gasteiger charge is -2.27. The maximum absolute atomic E-state index is 13.3. The fourth-order valence-corrected chi connectivity index (χ4v) is 4.99. The molecule has 0 bridgehead atoms. The second kappa shape index (κ2) is 8.75. The molecule has 1 saturated heterocycles. The molecular weight excluding hydrogens is 374 g/mol. The van der Waals surface area contributed by atoms with E-state index in [1.54, 1.807) is 36.4 Å². The van der Waals surface area contributed by atoms with Gasteiger partial charge in [0.05, 0.1) is 15.5 Å². The lowest BCUT2D eigenvalue weighted by Crippen LogP contribution is -2.31. The van der Waals surface area contributed by atoms with Crippen LogP contribution in [-0.2, 0) is 14.6 Å². The number of nitrogens with zero attached hydrogens (tertiary/aromatic N) is 2. The molecule has 1 aliphatic heterocycles. The number of nitrogens with one attached hydrogen (secondary N) is 1. The molecule has 2 aromatic rings. The molecule has 150 valence electrons. The number of amides is 1. The monoisotopic (exact) mass is 401 g/mol. The minimum atomic E-state index is -3.74. The van der Waals surface area contributed by atoms with Gasteiger partial charge in [-0.05, 0) is 50.2 Å². The Morgan fingerprint density at radius 1 is 1.11 bits per heavy atom. The number of hydrogen-bond acceptors (Lipinski definition) is 5. The molecule has 0 atom stereocenters. The van der Waals surface area contributed by atoms with Gasteiger partial charge in [0.25, 0.3) is 0 Å². The summed E-state index contributed by atoms with van der Waals surface area (Å²) in [4.78, 5) is 16.4. The lowest BCUT2D eigenvalue weighted by molar-refractivity contribution is -0.116. The van der Waals surface area contributed by atoms with E-state index in [2.05, 4.69) is 10.2 Å². The number of hydrogen-bond donors (Lipinski definition) is 1. The highest BCUT2D eigenvalue weighted by Gasteiger charge is 2.26. The number of sulfone groups is 1. The Labute approximate surface area is 167 Å². The van der Waals surface area contributed by atoms with Crippen LogP contribution in [0.25, 0.3) is 0 Å². The van der Waals surface area contributed by atoms with Gasteiger partial charge in [-0.2, -0.15) is 0 Å². The normalized spacial score (nSPS) is 15.1. The van der Waals surface area contributed by atoms with E-state index in [1.165, 1.54) is 11.8 Å². The summed E-state index contributed by atoms with van der Waals surface area (Å²) in [5, 5.41) is 3.37. The van der Waals surface area contributed by atoms with Gasteiger partial charge in [0.2, 0.25) is 15.7 Å². The summed E-state index contributed by atoms with van der Waals surface area (Å²) >= 11 is 0. The fraction of sp³-hybridized carbons (Fsp3) is 0.381. The molecule has 1 amide bonds. The smallest absolute Gasteiger partial charge is 0.223 e. The average Bonchev–Trinajstić information content (AvgIpc) is 2.98. The standard InChI is InChI=1S/C21H27N3O3S/c1-3-24(17(2)25)20-16-18(23-14-7-12-22-13-15-23)10-11-21(20)28(26,27)19-8-5-4-6-9-19/h4-6,8-11,16,22H,3,7,12-15H2,1-2H3. The molecule has 2 aromatic carbocycles. The number of carbonyl (C=O) groups excluding carboxylic acids is 1. The third kappa shape index (κ3) is 4.20. The van der Waals surface area contributed by atoms with E-state index in [1.807, 2.05) is 19.1 Å². The zero-order valence-corrected chi connectivity index (χ0v) is 17.2. The van der Waals surface area contributed by atoms with Crippen molar-refractivity contribution < 1.29 is 13.2 Å². The first-order valence-electron chi connectivity index (χ1n) is 9.63. The van der Waals surface area contributed by atoms with E-state index in [-0.39, 0.29) is 15.7 Å². The minimum Gasteiger partial charge on any atom is -0.370 e. The van der Waals surface area contributed by atoms with E-state index in [4.69, 9.17) is 0 Å². The molecule has 1 N–H and O–H groups in total. The number of carbonyl (C=O) groups is 1. The summed E-state index contributed by atoms with van der Waals surface area (Å²) in [6.07, 6.45) is 1.02. The average molecular weight is 402 g/mol. The van der Waals surface area contributed by atoms with E-state index in [0.717, 1.165) is 38.3 Å². The molecular formula is C21H27N3O3S. The molecule has 0 spiro atoms. The van der Waals surface area contributed by atoms with Crippen molar-refractivity contribution in [3.8, 4) is 0 Å². The molecule has 28 heavy (non-hydrogen) atoms. The van der Waals surface area contributed by atoms with Gasteiger partial charge in [-0.3, -0.25) is 4.79 Å². The van der Waals surface area contributed by atoms with Gasteiger partial charge in [0, 0.05) is 38.8 Å². The molecule has 0 aliphatic carbocycles. The lowest BCUT2D eigenvalue weighted by atomic mass is 10.2. The Bertz CT molecular complexity index is 921. The van der Waals surface area contributed by atoms with Gasteiger partial charge in [-0.15, -0.1) is 0 Å². The first kappa shape index (κ1) is 20.4. The van der Waals surface area contributed by atoms with Gasteiger partial charge >= 0.3 is 0 Å². The third-order valence-corrected chi connectivity index (χ3v) is 6.79. The van der Waals surface area contributed by atoms with Crippen molar-refractivity contribution in [2.75, 3.05) is 42.5 Å².